The molecule has 2 rings (SSSR count). The highest BCUT2D eigenvalue weighted by Crippen LogP contribution is 2.33. The van der Waals surface area contributed by atoms with Gasteiger partial charge in [-0.25, -0.2) is 4.98 Å². The minimum absolute atomic E-state index is 0.550. The molecular weight excluding hydrogens is 198 g/mol. The maximum atomic E-state index is 4.54. The van der Waals surface area contributed by atoms with Gasteiger partial charge in [-0.05, 0) is 44.2 Å². The van der Waals surface area contributed by atoms with Gasteiger partial charge in [-0.15, -0.1) is 0 Å². The van der Waals surface area contributed by atoms with Crippen molar-refractivity contribution >= 4 is 11.6 Å². The predicted molar refractivity (Wildman–Crippen MR) is 68.8 cm³/mol. The first-order valence-electron chi connectivity index (χ1n) is 6.27. The lowest BCUT2D eigenvalue weighted by atomic mass is 10.2. The zero-order valence-electron chi connectivity index (χ0n) is 10.2. The number of nitrogens with zero attached hydrogens (tertiary/aromatic N) is 1. The van der Waals surface area contributed by atoms with Crippen LogP contribution in [0, 0.1) is 5.92 Å². The van der Waals surface area contributed by atoms with Crippen LogP contribution >= 0.6 is 0 Å². The molecule has 16 heavy (non-hydrogen) atoms. The van der Waals surface area contributed by atoms with E-state index in [1.165, 1.54) is 12.8 Å². The van der Waals surface area contributed by atoms with Gasteiger partial charge in [0.2, 0.25) is 0 Å². The summed E-state index contributed by atoms with van der Waals surface area (Å²) in [6.07, 6.45) is 3.85. The standard InChI is InChI=1S/C13H21N3/c1-3-9-14-12-5-4-6-13(16-12)15-10(2)11-7-8-11/h4-6,10-11H,3,7-9H2,1-2H3,(H2,14,15,16). The Morgan fingerprint density at radius 1 is 1.38 bits per heavy atom. The normalized spacial score (nSPS) is 16.9. The van der Waals surface area contributed by atoms with Crippen molar-refractivity contribution in [2.75, 3.05) is 17.2 Å². The lowest BCUT2D eigenvalue weighted by molar-refractivity contribution is 0.691. The second kappa shape index (κ2) is 5.19. The molecular formula is C13H21N3. The monoisotopic (exact) mass is 219 g/mol. The second-order valence-corrected chi connectivity index (χ2v) is 4.61. The maximum Gasteiger partial charge on any atom is 0.128 e. The number of anilines is 2. The van der Waals surface area contributed by atoms with E-state index in [-0.39, 0.29) is 0 Å². The van der Waals surface area contributed by atoms with Crippen molar-refractivity contribution in [2.45, 2.75) is 39.2 Å². The Labute approximate surface area is 97.7 Å². The van der Waals surface area contributed by atoms with Crippen molar-refractivity contribution in [3.8, 4) is 0 Å². The van der Waals surface area contributed by atoms with Crippen molar-refractivity contribution in [3.05, 3.63) is 18.2 Å². The minimum Gasteiger partial charge on any atom is -0.370 e. The van der Waals surface area contributed by atoms with E-state index in [0.29, 0.717) is 6.04 Å². The molecule has 0 bridgehead atoms. The van der Waals surface area contributed by atoms with Gasteiger partial charge in [0.15, 0.2) is 0 Å². The molecule has 1 heterocycles. The average molecular weight is 219 g/mol. The van der Waals surface area contributed by atoms with Crippen LogP contribution in [-0.2, 0) is 0 Å². The number of hydrogen-bond donors (Lipinski definition) is 2. The highest BCUT2D eigenvalue weighted by molar-refractivity contribution is 5.45. The van der Waals surface area contributed by atoms with Crippen molar-refractivity contribution in [1.29, 1.82) is 0 Å². The molecule has 0 amide bonds. The Morgan fingerprint density at radius 2 is 2.12 bits per heavy atom. The molecule has 0 aromatic carbocycles. The van der Waals surface area contributed by atoms with E-state index in [9.17, 15) is 0 Å². The van der Waals surface area contributed by atoms with Crippen LogP contribution in [-0.4, -0.2) is 17.6 Å². The molecule has 88 valence electrons. The first-order chi connectivity index (χ1) is 7.79. The van der Waals surface area contributed by atoms with Gasteiger partial charge < -0.3 is 10.6 Å². The van der Waals surface area contributed by atoms with Crippen LogP contribution in [0.25, 0.3) is 0 Å². The van der Waals surface area contributed by atoms with Gasteiger partial charge in [0.1, 0.15) is 11.6 Å². The van der Waals surface area contributed by atoms with Gasteiger partial charge in [-0.2, -0.15) is 0 Å². The topological polar surface area (TPSA) is 37.0 Å². The molecule has 1 aromatic rings. The molecule has 0 radical (unpaired) electrons. The Kier molecular flexibility index (Phi) is 3.65. The lowest BCUT2D eigenvalue weighted by Gasteiger charge is -2.14. The molecule has 2 N–H and O–H groups in total. The third kappa shape index (κ3) is 3.12. The van der Waals surface area contributed by atoms with Gasteiger partial charge in [-0.3, -0.25) is 0 Å². The van der Waals surface area contributed by atoms with Crippen LogP contribution in [0.1, 0.15) is 33.1 Å². The fourth-order valence-electron chi connectivity index (χ4n) is 1.81. The Balaban J connectivity index is 1.92. The second-order valence-electron chi connectivity index (χ2n) is 4.61. The Hall–Kier alpha value is -1.25. The van der Waals surface area contributed by atoms with Crippen molar-refractivity contribution < 1.29 is 0 Å². The van der Waals surface area contributed by atoms with Crippen LogP contribution in [0.3, 0.4) is 0 Å². The molecule has 1 atom stereocenters. The molecule has 1 unspecified atom stereocenters. The Morgan fingerprint density at radius 3 is 2.81 bits per heavy atom. The van der Waals surface area contributed by atoms with Crippen LogP contribution in [0.5, 0.6) is 0 Å². The van der Waals surface area contributed by atoms with E-state index in [1.54, 1.807) is 0 Å². The predicted octanol–water partition coefficient (Wildman–Crippen LogP) is 3.11. The van der Waals surface area contributed by atoms with Gasteiger partial charge in [0, 0.05) is 12.6 Å². The highest BCUT2D eigenvalue weighted by Gasteiger charge is 2.27. The quantitative estimate of drug-likeness (QED) is 0.772. The van der Waals surface area contributed by atoms with Crippen LogP contribution in [0.2, 0.25) is 0 Å². The highest BCUT2D eigenvalue weighted by atomic mass is 15.1. The van der Waals surface area contributed by atoms with Gasteiger partial charge in [0.25, 0.3) is 0 Å². The van der Waals surface area contributed by atoms with E-state index >= 15 is 0 Å². The first-order valence-corrected chi connectivity index (χ1v) is 6.27. The molecule has 0 spiro atoms. The molecule has 3 nitrogen and oxygen atoms in total. The van der Waals surface area contributed by atoms with Gasteiger partial charge >= 0.3 is 0 Å². The van der Waals surface area contributed by atoms with E-state index in [0.717, 1.165) is 30.5 Å². The largest absolute Gasteiger partial charge is 0.370 e. The van der Waals surface area contributed by atoms with Crippen LogP contribution in [0.15, 0.2) is 18.2 Å². The van der Waals surface area contributed by atoms with E-state index in [1.807, 2.05) is 18.2 Å². The number of aromatic nitrogens is 1. The summed E-state index contributed by atoms with van der Waals surface area (Å²) in [7, 11) is 0. The summed E-state index contributed by atoms with van der Waals surface area (Å²) in [5, 5.41) is 6.77. The molecule has 3 heteroatoms. The summed E-state index contributed by atoms with van der Waals surface area (Å²) < 4.78 is 0. The molecule has 1 fully saturated rings. The summed E-state index contributed by atoms with van der Waals surface area (Å²) >= 11 is 0. The van der Waals surface area contributed by atoms with E-state index in [4.69, 9.17) is 0 Å². The smallest absolute Gasteiger partial charge is 0.128 e. The third-order valence-electron chi connectivity index (χ3n) is 3.01. The maximum absolute atomic E-state index is 4.54. The number of pyridine rings is 1. The third-order valence-corrected chi connectivity index (χ3v) is 3.01. The summed E-state index contributed by atoms with van der Waals surface area (Å²) in [5.41, 5.74) is 0. The Bertz CT molecular complexity index is 334. The van der Waals surface area contributed by atoms with Gasteiger partial charge in [0.05, 0.1) is 0 Å². The lowest BCUT2D eigenvalue weighted by Crippen LogP contribution is -2.18. The fourth-order valence-corrected chi connectivity index (χ4v) is 1.81. The van der Waals surface area contributed by atoms with Crippen LogP contribution < -0.4 is 10.6 Å². The molecule has 1 aliphatic rings. The molecule has 1 aromatic heterocycles. The number of nitrogens with one attached hydrogen (secondary N) is 2. The van der Waals surface area contributed by atoms with Crippen molar-refractivity contribution in [1.82, 2.24) is 4.98 Å². The minimum atomic E-state index is 0.550. The zero-order chi connectivity index (χ0) is 11.4. The number of rotatable bonds is 6. The molecule has 0 saturated heterocycles. The summed E-state index contributed by atoms with van der Waals surface area (Å²) in [6.45, 7) is 5.38. The van der Waals surface area contributed by atoms with Crippen molar-refractivity contribution in [3.63, 3.8) is 0 Å². The molecule has 0 aliphatic heterocycles. The van der Waals surface area contributed by atoms with Crippen LogP contribution in [0.4, 0.5) is 11.6 Å². The molecule has 1 saturated carbocycles. The van der Waals surface area contributed by atoms with E-state index < -0.39 is 0 Å². The average Bonchev–Trinajstić information content (AvgIpc) is 3.10. The van der Waals surface area contributed by atoms with Crippen molar-refractivity contribution in [2.24, 2.45) is 5.92 Å². The zero-order valence-corrected chi connectivity index (χ0v) is 10.2. The summed E-state index contributed by atoms with van der Waals surface area (Å²) in [5.74, 6) is 2.81. The summed E-state index contributed by atoms with van der Waals surface area (Å²) in [6, 6.07) is 6.65. The van der Waals surface area contributed by atoms with Gasteiger partial charge in [-0.1, -0.05) is 13.0 Å². The summed E-state index contributed by atoms with van der Waals surface area (Å²) in [4.78, 5) is 4.54. The SMILES string of the molecule is CCCNc1cccc(NC(C)C2CC2)n1. The molecule has 1 aliphatic carbocycles. The van der Waals surface area contributed by atoms with E-state index in [2.05, 4.69) is 29.5 Å². The fraction of sp³-hybridized carbons (Fsp3) is 0.615. The first kappa shape index (κ1) is 11.2. The number of hydrogen-bond acceptors (Lipinski definition) is 3.